The fraction of sp³-hybridized carbons (Fsp3) is 0.474. The van der Waals surface area contributed by atoms with Crippen LogP contribution in [0.15, 0.2) is 30.3 Å². The maximum Gasteiger partial charge on any atom is 0.222 e. The van der Waals surface area contributed by atoms with Gasteiger partial charge in [-0.05, 0) is 30.4 Å². The summed E-state index contributed by atoms with van der Waals surface area (Å²) in [6, 6.07) is 10.4. The molecule has 0 aliphatic carbocycles. The van der Waals surface area contributed by atoms with Crippen LogP contribution in [0.25, 0.3) is 0 Å². The first kappa shape index (κ1) is 17.0. The molecule has 5 heteroatoms. The van der Waals surface area contributed by atoms with Crippen LogP contribution in [0, 0.1) is 0 Å². The molecule has 1 aromatic carbocycles. The summed E-state index contributed by atoms with van der Waals surface area (Å²) in [5.74, 6) is 1.58. The molecule has 0 saturated carbocycles. The van der Waals surface area contributed by atoms with Crippen LogP contribution in [0.1, 0.15) is 62.7 Å². The highest BCUT2D eigenvalue weighted by molar-refractivity contribution is 6.31. The third kappa shape index (κ3) is 3.64. The van der Waals surface area contributed by atoms with Gasteiger partial charge < -0.3 is 10.6 Å². The Bertz CT molecular complexity index is 702. The maximum absolute atomic E-state index is 6.49. The Kier molecular flexibility index (Phi) is 5.24. The molecule has 2 heterocycles. The second-order valence-electron chi connectivity index (χ2n) is 6.74. The van der Waals surface area contributed by atoms with Crippen LogP contribution >= 0.6 is 11.6 Å². The van der Waals surface area contributed by atoms with Crippen molar-refractivity contribution in [3.8, 4) is 0 Å². The topological polar surface area (TPSA) is 55.0 Å². The number of rotatable bonds is 3. The number of benzene rings is 1. The Morgan fingerprint density at radius 2 is 1.96 bits per heavy atom. The molecular formula is C19H25ClN4. The molecule has 0 radical (unpaired) electrons. The van der Waals surface area contributed by atoms with Crippen LogP contribution < -0.4 is 10.6 Å². The Hall–Kier alpha value is -1.81. The van der Waals surface area contributed by atoms with E-state index in [1.165, 1.54) is 18.4 Å². The molecule has 1 fully saturated rings. The summed E-state index contributed by atoms with van der Waals surface area (Å²) < 4.78 is 0. The van der Waals surface area contributed by atoms with E-state index in [2.05, 4.69) is 46.9 Å². The number of hydrogen-bond donors (Lipinski definition) is 1. The highest BCUT2D eigenvalue weighted by Gasteiger charge is 2.26. The van der Waals surface area contributed by atoms with Crippen molar-refractivity contribution in [1.29, 1.82) is 0 Å². The fourth-order valence-electron chi connectivity index (χ4n) is 3.37. The fourth-order valence-corrected chi connectivity index (χ4v) is 3.63. The van der Waals surface area contributed by atoms with Gasteiger partial charge in [0.2, 0.25) is 5.95 Å². The summed E-state index contributed by atoms with van der Waals surface area (Å²) in [5, 5.41) is 0.820. The van der Waals surface area contributed by atoms with Crippen molar-refractivity contribution >= 4 is 23.4 Å². The molecule has 0 unspecified atom stereocenters. The van der Waals surface area contributed by atoms with Crippen LogP contribution in [0.2, 0.25) is 5.02 Å². The Morgan fingerprint density at radius 3 is 2.71 bits per heavy atom. The molecule has 24 heavy (non-hydrogen) atoms. The first-order valence-corrected chi connectivity index (χ1v) is 9.09. The summed E-state index contributed by atoms with van der Waals surface area (Å²) in [6.07, 6.45) is 4.66. The van der Waals surface area contributed by atoms with Crippen molar-refractivity contribution in [2.45, 2.75) is 51.5 Å². The zero-order valence-electron chi connectivity index (χ0n) is 14.4. The number of hydrogen-bond acceptors (Lipinski definition) is 4. The molecule has 1 saturated heterocycles. The summed E-state index contributed by atoms with van der Waals surface area (Å²) in [7, 11) is 0. The highest BCUT2D eigenvalue weighted by atomic mass is 35.5. The molecule has 1 aliphatic heterocycles. The van der Waals surface area contributed by atoms with E-state index in [-0.39, 0.29) is 6.04 Å². The van der Waals surface area contributed by atoms with Gasteiger partial charge in [-0.25, -0.2) is 4.98 Å². The van der Waals surface area contributed by atoms with Gasteiger partial charge in [0.25, 0.3) is 0 Å². The molecule has 4 nitrogen and oxygen atoms in total. The normalized spacial score (nSPS) is 18.7. The van der Waals surface area contributed by atoms with Gasteiger partial charge >= 0.3 is 0 Å². The number of nitrogen functional groups attached to an aromatic ring is 1. The van der Waals surface area contributed by atoms with Gasteiger partial charge in [0.15, 0.2) is 0 Å². The van der Waals surface area contributed by atoms with Crippen molar-refractivity contribution in [1.82, 2.24) is 9.97 Å². The van der Waals surface area contributed by atoms with E-state index in [0.717, 1.165) is 35.9 Å². The minimum Gasteiger partial charge on any atom is -0.368 e. The lowest BCUT2D eigenvalue weighted by atomic mass is 10.0. The molecule has 128 valence electrons. The minimum atomic E-state index is 0.232. The molecule has 1 aromatic heterocycles. The van der Waals surface area contributed by atoms with Crippen LogP contribution in [-0.2, 0) is 0 Å². The van der Waals surface area contributed by atoms with Gasteiger partial charge in [-0.1, -0.05) is 56.5 Å². The van der Waals surface area contributed by atoms with E-state index >= 15 is 0 Å². The van der Waals surface area contributed by atoms with Gasteiger partial charge in [-0.2, -0.15) is 4.98 Å². The van der Waals surface area contributed by atoms with Crippen molar-refractivity contribution in [2.75, 3.05) is 17.2 Å². The van der Waals surface area contributed by atoms with Crippen molar-refractivity contribution in [3.05, 3.63) is 46.6 Å². The van der Waals surface area contributed by atoms with Crippen LogP contribution in [0.4, 0.5) is 11.8 Å². The molecule has 2 aromatic rings. The second-order valence-corrected chi connectivity index (χ2v) is 7.15. The largest absolute Gasteiger partial charge is 0.368 e. The van der Waals surface area contributed by atoms with Crippen molar-refractivity contribution in [2.24, 2.45) is 0 Å². The molecule has 0 spiro atoms. The average Bonchev–Trinajstić information content (AvgIpc) is 2.80. The highest BCUT2D eigenvalue weighted by Crippen LogP contribution is 2.37. The van der Waals surface area contributed by atoms with E-state index < -0.39 is 0 Å². The molecule has 3 rings (SSSR count). The summed E-state index contributed by atoms with van der Waals surface area (Å²) in [6.45, 7) is 5.21. The van der Waals surface area contributed by atoms with Gasteiger partial charge in [-0.3, -0.25) is 0 Å². The van der Waals surface area contributed by atoms with Crippen LogP contribution in [0.3, 0.4) is 0 Å². The Balaban J connectivity index is 2.04. The Morgan fingerprint density at radius 1 is 1.17 bits per heavy atom. The average molecular weight is 345 g/mol. The predicted molar refractivity (Wildman–Crippen MR) is 101 cm³/mol. The van der Waals surface area contributed by atoms with E-state index in [1.807, 2.05) is 12.1 Å². The SMILES string of the molecule is CC(C)c1cc(N2CCCCC[C@@H]2c2ccccc2Cl)nc(N)n1. The molecule has 0 amide bonds. The lowest BCUT2D eigenvalue weighted by molar-refractivity contribution is 0.596. The lowest BCUT2D eigenvalue weighted by Gasteiger charge is -2.32. The van der Waals surface area contributed by atoms with E-state index in [1.54, 1.807) is 0 Å². The molecule has 1 aliphatic rings. The van der Waals surface area contributed by atoms with E-state index in [0.29, 0.717) is 11.9 Å². The van der Waals surface area contributed by atoms with Gasteiger partial charge in [0, 0.05) is 17.6 Å². The second kappa shape index (κ2) is 7.39. The zero-order chi connectivity index (χ0) is 17.1. The predicted octanol–water partition coefficient (Wildman–Crippen LogP) is 4.96. The summed E-state index contributed by atoms with van der Waals surface area (Å²) in [4.78, 5) is 11.3. The summed E-state index contributed by atoms with van der Waals surface area (Å²) >= 11 is 6.49. The number of halogens is 1. The van der Waals surface area contributed by atoms with Crippen LogP contribution in [-0.4, -0.2) is 16.5 Å². The maximum atomic E-state index is 6.49. The number of nitrogens with two attached hydrogens (primary N) is 1. The standard InChI is InChI=1S/C19H25ClN4/c1-13(2)16-12-18(23-19(21)22-16)24-11-7-3-4-10-17(24)14-8-5-6-9-15(14)20/h5-6,8-9,12-13,17H,3-4,7,10-11H2,1-2H3,(H2,21,22,23)/t17-/m1/s1. The number of aromatic nitrogens is 2. The van der Waals surface area contributed by atoms with E-state index in [4.69, 9.17) is 17.3 Å². The van der Waals surface area contributed by atoms with Gasteiger partial charge in [0.1, 0.15) is 5.82 Å². The first-order valence-electron chi connectivity index (χ1n) is 8.72. The molecule has 1 atom stereocenters. The third-order valence-corrected chi connectivity index (χ3v) is 5.00. The number of anilines is 2. The third-order valence-electron chi connectivity index (χ3n) is 4.65. The number of nitrogens with zero attached hydrogens (tertiary/aromatic N) is 3. The minimum absolute atomic E-state index is 0.232. The smallest absolute Gasteiger partial charge is 0.222 e. The van der Waals surface area contributed by atoms with Crippen molar-refractivity contribution in [3.63, 3.8) is 0 Å². The molecule has 2 N–H and O–H groups in total. The van der Waals surface area contributed by atoms with Crippen LogP contribution in [0.5, 0.6) is 0 Å². The monoisotopic (exact) mass is 344 g/mol. The first-order chi connectivity index (χ1) is 11.6. The lowest BCUT2D eigenvalue weighted by Crippen LogP contribution is -2.30. The zero-order valence-corrected chi connectivity index (χ0v) is 15.1. The van der Waals surface area contributed by atoms with Crippen molar-refractivity contribution < 1.29 is 0 Å². The molecule has 0 bridgehead atoms. The Labute approximate surface area is 149 Å². The quantitative estimate of drug-likeness (QED) is 0.855. The van der Waals surface area contributed by atoms with E-state index in [9.17, 15) is 0 Å². The molecular weight excluding hydrogens is 320 g/mol. The van der Waals surface area contributed by atoms with Gasteiger partial charge in [-0.15, -0.1) is 0 Å². The van der Waals surface area contributed by atoms with Gasteiger partial charge in [0.05, 0.1) is 11.7 Å². The summed E-state index contributed by atoms with van der Waals surface area (Å²) in [5.41, 5.74) is 8.14.